The molecule has 0 bridgehead atoms. The molecule has 1 aliphatic carbocycles. The zero-order valence-electron chi connectivity index (χ0n) is 8.50. The molecule has 0 amide bonds. The molecule has 3 nitrogen and oxygen atoms in total. The van der Waals surface area contributed by atoms with Gasteiger partial charge in [0.15, 0.2) is 0 Å². The first kappa shape index (κ1) is 11.0. The third-order valence-corrected chi connectivity index (χ3v) is 3.47. The Balaban J connectivity index is 2.56. The number of nitrogens with two attached hydrogens (primary N) is 2. The van der Waals surface area contributed by atoms with Crippen LogP contribution in [0.1, 0.15) is 32.6 Å². The summed E-state index contributed by atoms with van der Waals surface area (Å²) >= 11 is 0. The Hall–Kier alpha value is -0.120. The van der Waals surface area contributed by atoms with Crippen LogP contribution < -0.4 is 11.5 Å². The van der Waals surface area contributed by atoms with Crippen LogP contribution in [0.3, 0.4) is 0 Å². The van der Waals surface area contributed by atoms with Crippen molar-refractivity contribution in [3.05, 3.63) is 0 Å². The standard InChI is InChI=1S/C10H22N2O/c1-8(6-11)10(13)4-2-3-9(5-10)7-12/h8-9,13H,2-7,11-12H2,1H3. The van der Waals surface area contributed by atoms with Crippen molar-refractivity contribution in [3.8, 4) is 0 Å². The van der Waals surface area contributed by atoms with E-state index in [2.05, 4.69) is 0 Å². The summed E-state index contributed by atoms with van der Waals surface area (Å²) in [5, 5.41) is 10.3. The van der Waals surface area contributed by atoms with Gasteiger partial charge in [-0.15, -0.1) is 0 Å². The van der Waals surface area contributed by atoms with Crippen molar-refractivity contribution in [1.29, 1.82) is 0 Å². The average Bonchev–Trinajstić information content (AvgIpc) is 2.16. The molecule has 0 aliphatic heterocycles. The van der Waals surface area contributed by atoms with E-state index in [-0.39, 0.29) is 5.92 Å². The van der Waals surface area contributed by atoms with Crippen LogP contribution >= 0.6 is 0 Å². The summed E-state index contributed by atoms with van der Waals surface area (Å²) in [7, 11) is 0. The minimum atomic E-state index is -0.545. The highest BCUT2D eigenvalue weighted by atomic mass is 16.3. The van der Waals surface area contributed by atoms with Crippen molar-refractivity contribution in [2.45, 2.75) is 38.2 Å². The molecule has 0 aromatic carbocycles. The molecular weight excluding hydrogens is 164 g/mol. The molecule has 0 saturated heterocycles. The molecule has 0 spiro atoms. The lowest BCUT2D eigenvalue weighted by Gasteiger charge is -2.40. The highest BCUT2D eigenvalue weighted by Gasteiger charge is 2.37. The molecule has 3 atom stereocenters. The second kappa shape index (κ2) is 4.40. The van der Waals surface area contributed by atoms with E-state index in [9.17, 15) is 5.11 Å². The zero-order valence-corrected chi connectivity index (χ0v) is 8.50. The van der Waals surface area contributed by atoms with Crippen molar-refractivity contribution in [1.82, 2.24) is 0 Å². The first-order valence-electron chi connectivity index (χ1n) is 5.25. The highest BCUT2D eigenvalue weighted by Crippen LogP contribution is 2.36. The molecule has 0 aromatic heterocycles. The van der Waals surface area contributed by atoms with Crippen molar-refractivity contribution < 1.29 is 5.11 Å². The molecule has 0 aromatic rings. The van der Waals surface area contributed by atoms with Crippen LogP contribution in [0.2, 0.25) is 0 Å². The Bertz CT molecular complexity index is 163. The summed E-state index contributed by atoms with van der Waals surface area (Å²) in [4.78, 5) is 0. The summed E-state index contributed by atoms with van der Waals surface area (Å²) in [5.41, 5.74) is 10.7. The summed E-state index contributed by atoms with van der Waals surface area (Å²) < 4.78 is 0. The lowest BCUT2D eigenvalue weighted by atomic mass is 9.72. The van der Waals surface area contributed by atoms with Gasteiger partial charge in [0.25, 0.3) is 0 Å². The van der Waals surface area contributed by atoms with Crippen LogP contribution in [0.4, 0.5) is 0 Å². The van der Waals surface area contributed by atoms with Gasteiger partial charge in [-0.25, -0.2) is 0 Å². The molecule has 0 heterocycles. The van der Waals surface area contributed by atoms with E-state index < -0.39 is 5.60 Å². The van der Waals surface area contributed by atoms with E-state index in [1.165, 1.54) is 0 Å². The van der Waals surface area contributed by atoms with Crippen LogP contribution in [0, 0.1) is 11.8 Å². The van der Waals surface area contributed by atoms with Gasteiger partial charge < -0.3 is 16.6 Å². The first-order chi connectivity index (χ1) is 6.12. The molecule has 1 fully saturated rings. The lowest BCUT2D eigenvalue weighted by Crippen LogP contribution is -2.45. The molecule has 13 heavy (non-hydrogen) atoms. The fourth-order valence-corrected chi connectivity index (χ4v) is 2.27. The molecule has 78 valence electrons. The van der Waals surface area contributed by atoms with E-state index in [4.69, 9.17) is 11.5 Å². The normalized spacial score (nSPS) is 37.4. The van der Waals surface area contributed by atoms with Crippen LogP contribution in [0.15, 0.2) is 0 Å². The maximum atomic E-state index is 10.3. The molecule has 0 radical (unpaired) electrons. The largest absolute Gasteiger partial charge is 0.390 e. The third kappa shape index (κ3) is 2.42. The second-order valence-corrected chi connectivity index (χ2v) is 4.44. The van der Waals surface area contributed by atoms with E-state index in [0.717, 1.165) is 25.7 Å². The fourth-order valence-electron chi connectivity index (χ4n) is 2.27. The Labute approximate surface area is 80.5 Å². The first-order valence-corrected chi connectivity index (χ1v) is 5.25. The lowest BCUT2D eigenvalue weighted by molar-refractivity contribution is -0.0553. The van der Waals surface area contributed by atoms with Crippen LogP contribution in [0.5, 0.6) is 0 Å². The molecule has 3 heteroatoms. The maximum Gasteiger partial charge on any atom is 0.0688 e. The van der Waals surface area contributed by atoms with Crippen molar-refractivity contribution in [2.24, 2.45) is 23.3 Å². The zero-order chi connectivity index (χ0) is 9.90. The summed E-state index contributed by atoms with van der Waals surface area (Å²) in [6, 6.07) is 0. The smallest absolute Gasteiger partial charge is 0.0688 e. The maximum absolute atomic E-state index is 10.3. The predicted octanol–water partition coefficient (Wildman–Crippen LogP) is 0.461. The summed E-state index contributed by atoms with van der Waals surface area (Å²) in [5.74, 6) is 0.689. The molecular formula is C10H22N2O. The van der Waals surface area contributed by atoms with Crippen LogP contribution in [-0.2, 0) is 0 Å². The van der Waals surface area contributed by atoms with E-state index in [1.807, 2.05) is 6.92 Å². The van der Waals surface area contributed by atoms with Crippen LogP contribution in [0.25, 0.3) is 0 Å². The number of hydrogen-bond donors (Lipinski definition) is 3. The molecule has 3 unspecified atom stereocenters. The quantitative estimate of drug-likeness (QED) is 0.599. The van der Waals surface area contributed by atoms with Gasteiger partial charge in [0.1, 0.15) is 0 Å². The number of rotatable bonds is 3. The van der Waals surface area contributed by atoms with Gasteiger partial charge in [-0.1, -0.05) is 13.3 Å². The van der Waals surface area contributed by atoms with Gasteiger partial charge in [0.2, 0.25) is 0 Å². The molecule has 5 N–H and O–H groups in total. The SMILES string of the molecule is CC(CN)C1(O)CCCC(CN)C1. The number of aliphatic hydroxyl groups is 1. The van der Waals surface area contributed by atoms with Crippen molar-refractivity contribution in [3.63, 3.8) is 0 Å². The topological polar surface area (TPSA) is 72.3 Å². The van der Waals surface area contributed by atoms with Gasteiger partial charge in [0, 0.05) is 0 Å². The summed E-state index contributed by atoms with van der Waals surface area (Å²) in [6.45, 7) is 3.28. The van der Waals surface area contributed by atoms with Crippen molar-refractivity contribution >= 4 is 0 Å². The fraction of sp³-hybridized carbons (Fsp3) is 1.00. The van der Waals surface area contributed by atoms with E-state index >= 15 is 0 Å². The van der Waals surface area contributed by atoms with Gasteiger partial charge in [-0.05, 0) is 44.2 Å². The van der Waals surface area contributed by atoms with Crippen molar-refractivity contribution in [2.75, 3.05) is 13.1 Å². The predicted molar refractivity (Wildman–Crippen MR) is 54.2 cm³/mol. The minimum absolute atomic E-state index is 0.196. The number of hydrogen-bond acceptors (Lipinski definition) is 3. The third-order valence-electron chi connectivity index (χ3n) is 3.47. The Morgan fingerprint density at radius 3 is 2.77 bits per heavy atom. The van der Waals surface area contributed by atoms with Gasteiger partial charge in [0.05, 0.1) is 5.60 Å². The Morgan fingerprint density at radius 1 is 1.54 bits per heavy atom. The summed E-state index contributed by atoms with van der Waals surface area (Å²) in [6.07, 6.45) is 3.97. The van der Waals surface area contributed by atoms with Gasteiger partial charge in [-0.3, -0.25) is 0 Å². The van der Waals surface area contributed by atoms with E-state index in [1.54, 1.807) is 0 Å². The van der Waals surface area contributed by atoms with Crippen LogP contribution in [-0.4, -0.2) is 23.8 Å². The monoisotopic (exact) mass is 186 g/mol. The van der Waals surface area contributed by atoms with Gasteiger partial charge in [-0.2, -0.15) is 0 Å². The highest BCUT2D eigenvalue weighted by molar-refractivity contribution is 4.90. The minimum Gasteiger partial charge on any atom is -0.390 e. The average molecular weight is 186 g/mol. The molecule has 1 rings (SSSR count). The molecule has 1 aliphatic rings. The Morgan fingerprint density at radius 2 is 2.23 bits per heavy atom. The Kier molecular flexibility index (Phi) is 3.71. The van der Waals surface area contributed by atoms with Gasteiger partial charge >= 0.3 is 0 Å². The molecule has 1 saturated carbocycles. The van der Waals surface area contributed by atoms with E-state index in [0.29, 0.717) is 19.0 Å². The second-order valence-electron chi connectivity index (χ2n) is 4.44.